The summed E-state index contributed by atoms with van der Waals surface area (Å²) in [5, 5.41) is 9.45. The molecule has 0 fully saturated rings. The van der Waals surface area contributed by atoms with E-state index in [1.165, 1.54) is 0 Å². The van der Waals surface area contributed by atoms with Crippen molar-refractivity contribution >= 4 is 0 Å². The Morgan fingerprint density at radius 1 is 1.29 bits per heavy atom. The Labute approximate surface area is 103 Å². The number of rotatable bonds is 7. The average molecular weight is 241 g/mol. The monoisotopic (exact) mass is 241 g/mol. The summed E-state index contributed by atoms with van der Waals surface area (Å²) in [7, 11) is 1.65. The van der Waals surface area contributed by atoms with Crippen LogP contribution >= 0.6 is 0 Å². The van der Waals surface area contributed by atoms with Crippen molar-refractivity contribution in [3.63, 3.8) is 0 Å². The van der Waals surface area contributed by atoms with E-state index in [0.717, 1.165) is 11.5 Å². The summed E-state index contributed by atoms with van der Waals surface area (Å²) >= 11 is 0. The van der Waals surface area contributed by atoms with Gasteiger partial charge in [-0.05, 0) is 32.9 Å². The zero-order chi connectivity index (χ0) is 12.8. The molecule has 0 aliphatic rings. The van der Waals surface area contributed by atoms with E-state index in [-0.39, 0.29) is 6.10 Å². The van der Waals surface area contributed by atoms with E-state index in [0.29, 0.717) is 25.7 Å². The number of furan rings is 1. The van der Waals surface area contributed by atoms with E-state index in [9.17, 15) is 5.11 Å². The summed E-state index contributed by atoms with van der Waals surface area (Å²) in [4.78, 5) is 2.18. The highest BCUT2D eigenvalue weighted by Crippen LogP contribution is 2.13. The van der Waals surface area contributed by atoms with Gasteiger partial charge in [0.25, 0.3) is 0 Å². The molecule has 1 unspecified atom stereocenters. The second kappa shape index (κ2) is 6.79. The van der Waals surface area contributed by atoms with Crippen molar-refractivity contribution in [2.75, 3.05) is 13.7 Å². The van der Waals surface area contributed by atoms with E-state index in [4.69, 9.17) is 9.15 Å². The lowest BCUT2D eigenvalue weighted by Gasteiger charge is -2.26. The molecule has 1 atom stereocenters. The van der Waals surface area contributed by atoms with Crippen LogP contribution < -0.4 is 0 Å². The minimum absolute atomic E-state index is 0.328. The van der Waals surface area contributed by atoms with Gasteiger partial charge in [0.1, 0.15) is 18.1 Å². The summed E-state index contributed by atoms with van der Waals surface area (Å²) in [6, 6.07) is 4.27. The molecule has 0 aromatic carbocycles. The average Bonchev–Trinajstić information content (AvgIpc) is 2.64. The molecule has 17 heavy (non-hydrogen) atoms. The molecular weight excluding hydrogens is 218 g/mol. The third-order valence-electron chi connectivity index (χ3n) is 2.59. The molecule has 98 valence electrons. The third kappa shape index (κ3) is 4.89. The number of hydrogen-bond donors (Lipinski definition) is 1. The first kappa shape index (κ1) is 14.2. The topological polar surface area (TPSA) is 45.8 Å². The molecule has 0 saturated carbocycles. The van der Waals surface area contributed by atoms with Gasteiger partial charge in [-0.1, -0.05) is 0 Å². The first-order chi connectivity index (χ1) is 8.02. The van der Waals surface area contributed by atoms with E-state index in [1.54, 1.807) is 14.0 Å². The number of ether oxygens (including phenoxy) is 1. The smallest absolute Gasteiger partial charge is 0.129 e. The molecule has 1 rings (SSSR count). The molecule has 1 aromatic rings. The predicted octanol–water partition coefficient (Wildman–Crippen LogP) is 2.02. The zero-order valence-corrected chi connectivity index (χ0v) is 11.1. The van der Waals surface area contributed by atoms with Crippen LogP contribution in [-0.2, 0) is 17.9 Å². The fourth-order valence-corrected chi connectivity index (χ4v) is 1.72. The lowest BCUT2D eigenvalue weighted by molar-refractivity contribution is 0.0956. The highest BCUT2D eigenvalue weighted by molar-refractivity contribution is 5.06. The van der Waals surface area contributed by atoms with Gasteiger partial charge >= 0.3 is 0 Å². The molecule has 0 aliphatic carbocycles. The molecule has 0 spiro atoms. The Kier molecular flexibility index (Phi) is 5.68. The van der Waals surface area contributed by atoms with Crippen molar-refractivity contribution in [1.29, 1.82) is 0 Å². The third-order valence-corrected chi connectivity index (χ3v) is 2.59. The van der Waals surface area contributed by atoms with Gasteiger partial charge in [0.15, 0.2) is 0 Å². The minimum atomic E-state index is -0.328. The summed E-state index contributed by atoms with van der Waals surface area (Å²) in [6.45, 7) is 7.89. The second-order valence-electron chi connectivity index (χ2n) is 4.67. The van der Waals surface area contributed by atoms with Crippen LogP contribution in [0.1, 0.15) is 32.3 Å². The lowest BCUT2D eigenvalue weighted by atomic mass is 10.2. The molecule has 1 aromatic heterocycles. The normalized spacial score (nSPS) is 13.6. The molecule has 0 radical (unpaired) electrons. The minimum Gasteiger partial charge on any atom is -0.462 e. The fourth-order valence-electron chi connectivity index (χ4n) is 1.72. The van der Waals surface area contributed by atoms with Gasteiger partial charge in [-0.3, -0.25) is 4.90 Å². The maximum absolute atomic E-state index is 9.45. The van der Waals surface area contributed by atoms with Crippen LogP contribution in [0.5, 0.6) is 0 Å². The van der Waals surface area contributed by atoms with Crippen molar-refractivity contribution in [3.05, 3.63) is 23.7 Å². The van der Waals surface area contributed by atoms with Crippen LogP contribution in [0.15, 0.2) is 16.5 Å². The summed E-state index contributed by atoms with van der Waals surface area (Å²) < 4.78 is 10.6. The van der Waals surface area contributed by atoms with E-state index >= 15 is 0 Å². The zero-order valence-electron chi connectivity index (χ0n) is 11.1. The van der Waals surface area contributed by atoms with E-state index in [2.05, 4.69) is 18.7 Å². The number of methoxy groups -OCH3 is 1. The molecular formula is C13H23NO3. The Balaban J connectivity index is 2.58. The van der Waals surface area contributed by atoms with Gasteiger partial charge in [0.05, 0.1) is 12.6 Å². The van der Waals surface area contributed by atoms with Crippen LogP contribution in [0.2, 0.25) is 0 Å². The Morgan fingerprint density at radius 2 is 1.94 bits per heavy atom. The maximum Gasteiger partial charge on any atom is 0.129 e. The molecule has 1 N–H and O–H groups in total. The molecule has 4 nitrogen and oxygen atoms in total. The van der Waals surface area contributed by atoms with Crippen molar-refractivity contribution in [1.82, 2.24) is 4.90 Å². The van der Waals surface area contributed by atoms with Crippen LogP contribution in [0.25, 0.3) is 0 Å². The highest BCUT2D eigenvalue weighted by atomic mass is 16.5. The molecule has 4 heteroatoms. The summed E-state index contributed by atoms with van der Waals surface area (Å²) in [6.07, 6.45) is -0.328. The number of nitrogens with zero attached hydrogens (tertiary/aromatic N) is 1. The standard InChI is InChI=1S/C13H23NO3/c1-10(2)14(7-11(3)15)8-12-5-6-13(17-12)9-16-4/h5-6,10-11,15H,7-9H2,1-4H3. The van der Waals surface area contributed by atoms with Crippen molar-refractivity contribution in [2.45, 2.75) is 46.1 Å². The number of hydrogen-bond acceptors (Lipinski definition) is 4. The first-order valence-electron chi connectivity index (χ1n) is 6.01. The van der Waals surface area contributed by atoms with Crippen molar-refractivity contribution in [3.8, 4) is 0 Å². The maximum atomic E-state index is 9.45. The van der Waals surface area contributed by atoms with Crippen LogP contribution in [0, 0.1) is 0 Å². The largest absolute Gasteiger partial charge is 0.462 e. The van der Waals surface area contributed by atoms with Crippen molar-refractivity contribution < 1.29 is 14.3 Å². The quantitative estimate of drug-likeness (QED) is 0.793. The van der Waals surface area contributed by atoms with Crippen LogP contribution in [0.4, 0.5) is 0 Å². The van der Waals surface area contributed by atoms with Gasteiger partial charge < -0.3 is 14.3 Å². The second-order valence-corrected chi connectivity index (χ2v) is 4.67. The van der Waals surface area contributed by atoms with Crippen LogP contribution in [-0.4, -0.2) is 35.8 Å². The van der Waals surface area contributed by atoms with E-state index in [1.807, 2.05) is 12.1 Å². The van der Waals surface area contributed by atoms with Gasteiger partial charge in [-0.15, -0.1) is 0 Å². The Bertz CT molecular complexity index is 320. The van der Waals surface area contributed by atoms with Gasteiger partial charge in [0.2, 0.25) is 0 Å². The SMILES string of the molecule is COCc1ccc(CN(CC(C)O)C(C)C)o1. The van der Waals surface area contributed by atoms with Gasteiger partial charge in [-0.25, -0.2) is 0 Å². The molecule has 1 heterocycles. The highest BCUT2D eigenvalue weighted by Gasteiger charge is 2.14. The molecule has 0 bridgehead atoms. The molecule has 0 aliphatic heterocycles. The number of aliphatic hydroxyl groups is 1. The first-order valence-corrected chi connectivity index (χ1v) is 6.01. The van der Waals surface area contributed by atoms with E-state index < -0.39 is 0 Å². The molecule has 0 amide bonds. The lowest BCUT2D eigenvalue weighted by Crippen LogP contribution is -2.35. The summed E-state index contributed by atoms with van der Waals surface area (Å²) in [5.41, 5.74) is 0. The fraction of sp³-hybridized carbons (Fsp3) is 0.692. The van der Waals surface area contributed by atoms with Crippen LogP contribution in [0.3, 0.4) is 0 Å². The molecule has 0 saturated heterocycles. The predicted molar refractivity (Wildman–Crippen MR) is 66.6 cm³/mol. The number of aliphatic hydroxyl groups excluding tert-OH is 1. The van der Waals surface area contributed by atoms with Gasteiger partial charge in [-0.2, -0.15) is 0 Å². The Hall–Kier alpha value is -0.840. The van der Waals surface area contributed by atoms with Crippen molar-refractivity contribution in [2.24, 2.45) is 0 Å². The van der Waals surface area contributed by atoms with Gasteiger partial charge in [0, 0.05) is 19.7 Å². The Morgan fingerprint density at radius 3 is 2.47 bits per heavy atom. The summed E-state index contributed by atoms with van der Waals surface area (Å²) in [5.74, 6) is 1.75.